The molecular weight excluding hydrogens is 408 g/mol. The first-order valence-corrected chi connectivity index (χ1v) is 11.1. The van der Waals surface area contributed by atoms with Crippen molar-refractivity contribution in [3.05, 3.63) is 48.0 Å². The molecule has 0 fully saturated rings. The fourth-order valence-corrected chi connectivity index (χ4v) is 3.25. The van der Waals surface area contributed by atoms with E-state index in [0.717, 1.165) is 12.0 Å². The number of carbonyl (C=O) groups is 2. The van der Waals surface area contributed by atoms with Gasteiger partial charge in [-0.15, -0.1) is 10.2 Å². The van der Waals surface area contributed by atoms with E-state index in [9.17, 15) is 9.59 Å². The maximum absolute atomic E-state index is 13.2. The fraction of sp³-hybridized carbons (Fsp3) is 0.583. The second kappa shape index (κ2) is 10.6. The summed E-state index contributed by atoms with van der Waals surface area (Å²) in [5.74, 6) is 0.111. The second-order valence-corrected chi connectivity index (χ2v) is 9.82. The van der Waals surface area contributed by atoms with Crippen molar-refractivity contribution >= 4 is 12.1 Å². The van der Waals surface area contributed by atoms with E-state index in [1.807, 2.05) is 78.8 Å². The standard InChI is InChI=1S/C24H36N4O4/c1-8-12-18(26-22(30)32-24(5,6)7)20-27-25-16-28(20)19(21(29)31-23(2,3)4)15-17-13-10-9-11-14-17/h9-11,13-14,16,18-19H,8,12,15H2,1-7H3,(H,26,30)/t18-,19?/m0/s1. The summed E-state index contributed by atoms with van der Waals surface area (Å²) in [6.45, 7) is 12.9. The SMILES string of the molecule is CCC[C@H](NC(=O)OC(C)(C)C)c1nncn1C(Cc1ccccc1)C(=O)OC(C)(C)C. The molecular formula is C24H36N4O4. The van der Waals surface area contributed by atoms with E-state index in [4.69, 9.17) is 9.47 Å². The Balaban J connectivity index is 2.38. The van der Waals surface area contributed by atoms with E-state index in [0.29, 0.717) is 18.7 Å². The van der Waals surface area contributed by atoms with Crippen molar-refractivity contribution in [2.24, 2.45) is 0 Å². The number of amides is 1. The Bertz CT molecular complexity index is 881. The number of nitrogens with zero attached hydrogens (tertiary/aromatic N) is 3. The van der Waals surface area contributed by atoms with Crippen LogP contribution in [0.4, 0.5) is 4.79 Å². The van der Waals surface area contributed by atoms with Gasteiger partial charge in [0.2, 0.25) is 0 Å². The monoisotopic (exact) mass is 444 g/mol. The third kappa shape index (κ3) is 7.98. The van der Waals surface area contributed by atoms with Crippen LogP contribution >= 0.6 is 0 Å². The van der Waals surface area contributed by atoms with Gasteiger partial charge in [0.25, 0.3) is 0 Å². The van der Waals surface area contributed by atoms with Gasteiger partial charge in [0, 0.05) is 6.42 Å². The van der Waals surface area contributed by atoms with Crippen LogP contribution in [-0.2, 0) is 20.7 Å². The topological polar surface area (TPSA) is 95.3 Å². The molecule has 1 unspecified atom stereocenters. The average molecular weight is 445 g/mol. The predicted molar refractivity (Wildman–Crippen MR) is 122 cm³/mol. The van der Waals surface area contributed by atoms with Crippen LogP contribution in [0.15, 0.2) is 36.7 Å². The molecule has 0 radical (unpaired) electrons. The predicted octanol–water partition coefficient (Wildman–Crippen LogP) is 4.77. The summed E-state index contributed by atoms with van der Waals surface area (Å²) in [5, 5.41) is 11.2. The summed E-state index contributed by atoms with van der Waals surface area (Å²) in [6.07, 6.45) is 2.80. The molecule has 0 saturated carbocycles. The van der Waals surface area contributed by atoms with Gasteiger partial charge in [-0.25, -0.2) is 9.59 Å². The van der Waals surface area contributed by atoms with Gasteiger partial charge < -0.3 is 19.4 Å². The molecule has 0 bridgehead atoms. The summed E-state index contributed by atoms with van der Waals surface area (Å²) in [4.78, 5) is 25.6. The summed E-state index contributed by atoms with van der Waals surface area (Å²) in [6, 6.07) is 8.57. The van der Waals surface area contributed by atoms with Crippen LogP contribution in [0.5, 0.6) is 0 Å². The van der Waals surface area contributed by atoms with Crippen LogP contribution in [0.25, 0.3) is 0 Å². The Kier molecular flexibility index (Phi) is 8.41. The van der Waals surface area contributed by atoms with E-state index in [2.05, 4.69) is 15.5 Å². The zero-order valence-electron chi connectivity index (χ0n) is 20.2. The Hall–Kier alpha value is -2.90. The first-order chi connectivity index (χ1) is 14.9. The molecule has 32 heavy (non-hydrogen) atoms. The van der Waals surface area contributed by atoms with E-state index >= 15 is 0 Å². The number of rotatable bonds is 8. The van der Waals surface area contributed by atoms with Crippen molar-refractivity contribution in [1.29, 1.82) is 0 Å². The Labute approximate surface area is 190 Å². The van der Waals surface area contributed by atoms with Gasteiger partial charge in [-0.3, -0.25) is 0 Å². The van der Waals surface area contributed by atoms with E-state index in [1.54, 1.807) is 4.57 Å². The minimum absolute atomic E-state index is 0.380. The van der Waals surface area contributed by atoms with Gasteiger partial charge in [0.15, 0.2) is 5.82 Å². The molecule has 0 aliphatic rings. The molecule has 2 aromatic rings. The lowest BCUT2D eigenvalue weighted by molar-refractivity contribution is -0.159. The molecule has 176 valence electrons. The van der Waals surface area contributed by atoms with Gasteiger partial charge >= 0.3 is 12.1 Å². The molecule has 2 atom stereocenters. The van der Waals surface area contributed by atoms with Crippen molar-refractivity contribution in [3.8, 4) is 0 Å². The highest BCUT2D eigenvalue weighted by Crippen LogP contribution is 2.25. The Morgan fingerprint density at radius 1 is 1.03 bits per heavy atom. The molecule has 0 saturated heterocycles. The van der Waals surface area contributed by atoms with E-state index in [-0.39, 0.29) is 5.97 Å². The Morgan fingerprint density at radius 2 is 1.66 bits per heavy atom. The molecule has 8 nitrogen and oxygen atoms in total. The highest BCUT2D eigenvalue weighted by molar-refractivity contribution is 5.75. The normalized spacial score (nSPS) is 13.8. The summed E-state index contributed by atoms with van der Waals surface area (Å²) in [7, 11) is 0. The number of hydrogen-bond acceptors (Lipinski definition) is 6. The number of esters is 1. The van der Waals surface area contributed by atoms with Gasteiger partial charge in [0.05, 0.1) is 6.04 Å². The zero-order valence-corrected chi connectivity index (χ0v) is 20.2. The lowest BCUT2D eigenvalue weighted by atomic mass is 10.0. The summed E-state index contributed by atoms with van der Waals surface area (Å²) < 4.78 is 12.8. The van der Waals surface area contributed by atoms with Crippen molar-refractivity contribution < 1.29 is 19.1 Å². The number of nitrogens with one attached hydrogen (secondary N) is 1. The quantitative estimate of drug-likeness (QED) is 0.589. The van der Waals surface area contributed by atoms with E-state index < -0.39 is 29.4 Å². The van der Waals surface area contributed by atoms with Gasteiger partial charge in [-0.1, -0.05) is 43.7 Å². The molecule has 8 heteroatoms. The Morgan fingerprint density at radius 3 is 2.22 bits per heavy atom. The maximum atomic E-state index is 13.2. The summed E-state index contributed by atoms with van der Waals surface area (Å²) in [5.41, 5.74) is -0.284. The minimum atomic E-state index is -0.679. The number of carbonyl (C=O) groups excluding carboxylic acids is 2. The molecule has 1 aromatic heterocycles. The number of benzene rings is 1. The lowest BCUT2D eigenvalue weighted by Crippen LogP contribution is -2.37. The molecule has 0 aliphatic carbocycles. The molecule has 1 amide bonds. The number of alkyl carbamates (subject to hydrolysis) is 1. The van der Waals surface area contributed by atoms with Crippen LogP contribution in [0.1, 0.15) is 84.8 Å². The molecule has 0 spiro atoms. The van der Waals surface area contributed by atoms with Gasteiger partial charge in [0.1, 0.15) is 23.6 Å². The molecule has 0 aliphatic heterocycles. The van der Waals surface area contributed by atoms with Crippen molar-refractivity contribution in [3.63, 3.8) is 0 Å². The number of ether oxygens (including phenoxy) is 2. The van der Waals surface area contributed by atoms with E-state index in [1.165, 1.54) is 6.33 Å². The van der Waals surface area contributed by atoms with Crippen molar-refractivity contribution in [2.75, 3.05) is 0 Å². The van der Waals surface area contributed by atoms with Gasteiger partial charge in [-0.05, 0) is 53.5 Å². The smallest absolute Gasteiger partial charge is 0.408 e. The molecule has 1 N–H and O–H groups in total. The van der Waals surface area contributed by atoms with Crippen LogP contribution < -0.4 is 5.32 Å². The minimum Gasteiger partial charge on any atom is -0.458 e. The lowest BCUT2D eigenvalue weighted by Gasteiger charge is -2.27. The van der Waals surface area contributed by atoms with Crippen LogP contribution in [0.2, 0.25) is 0 Å². The highest BCUT2D eigenvalue weighted by atomic mass is 16.6. The zero-order chi connectivity index (χ0) is 23.9. The van der Waals surface area contributed by atoms with Crippen LogP contribution in [0.3, 0.4) is 0 Å². The first-order valence-electron chi connectivity index (χ1n) is 11.1. The van der Waals surface area contributed by atoms with Crippen molar-refractivity contribution in [2.45, 2.75) is 91.0 Å². The van der Waals surface area contributed by atoms with Crippen LogP contribution in [0, 0.1) is 0 Å². The van der Waals surface area contributed by atoms with Crippen molar-refractivity contribution in [1.82, 2.24) is 20.1 Å². The first kappa shape index (κ1) is 25.4. The molecule has 1 aromatic carbocycles. The highest BCUT2D eigenvalue weighted by Gasteiger charge is 2.32. The number of hydrogen-bond donors (Lipinski definition) is 1. The average Bonchev–Trinajstić information content (AvgIpc) is 3.13. The second-order valence-electron chi connectivity index (χ2n) is 9.82. The van der Waals surface area contributed by atoms with Gasteiger partial charge in [-0.2, -0.15) is 0 Å². The largest absolute Gasteiger partial charge is 0.458 e. The number of aromatic nitrogens is 3. The third-order valence-corrected chi connectivity index (χ3v) is 4.47. The van der Waals surface area contributed by atoms with Crippen LogP contribution in [-0.4, -0.2) is 38.0 Å². The fourth-order valence-electron chi connectivity index (χ4n) is 3.25. The summed E-state index contributed by atoms with van der Waals surface area (Å²) >= 11 is 0. The molecule has 1 heterocycles. The third-order valence-electron chi connectivity index (χ3n) is 4.47. The maximum Gasteiger partial charge on any atom is 0.408 e. The molecule has 2 rings (SSSR count).